The lowest BCUT2D eigenvalue weighted by atomic mass is 10.1. The quantitative estimate of drug-likeness (QED) is 0.733. The van der Waals surface area contributed by atoms with Gasteiger partial charge in [-0.1, -0.05) is 20.3 Å². The van der Waals surface area contributed by atoms with Crippen molar-refractivity contribution in [3.63, 3.8) is 0 Å². The zero-order valence-corrected chi connectivity index (χ0v) is 10.3. The van der Waals surface area contributed by atoms with Crippen LogP contribution in [-0.2, 0) is 9.47 Å². The van der Waals surface area contributed by atoms with Crippen LogP contribution >= 0.6 is 0 Å². The number of hydrogen-bond acceptors (Lipinski definition) is 3. The Morgan fingerprint density at radius 2 is 2.33 bits per heavy atom. The Morgan fingerprint density at radius 3 is 3.00 bits per heavy atom. The zero-order chi connectivity index (χ0) is 11.1. The van der Waals surface area contributed by atoms with Crippen LogP contribution in [0, 0.1) is 5.92 Å². The minimum Gasteiger partial charge on any atom is -0.379 e. The van der Waals surface area contributed by atoms with Crippen LogP contribution in [0.1, 0.15) is 33.1 Å². The van der Waals surface area contributed by atoms with Gasteiger partial charge in [0.2, 0.25) is 0 Å². The van der Waals surface area contributed by atoms with Gasteiger partial charge in [0.25, 0.3) is 0 Å². The topological polar surface area (TPSA) is 30.5 Å². The summed E-state index contributed by atoms with van der Waals surface area (Å²) in [6, 6.07) is 0.465. The van der Waals surface area contributed by atoms with Gasteiger partial charge >= 0.3 is 0 Å². The van der Waals surface area contributed by atoms with Crippen molar-refractivity contribution in [2.45, 2.75) is 45.3 Å². The smallest absolute Gasteiger partial charge is 0.0961 e. The van der Waals surface area contributed by atoms with Crippen LogP contribution in [0.15, 0.2) is 0 Å². The third kappa shape index (κ3) is 4.49. The molecule has 90 valence electrons. The van der Waals surface area contributed by atoms with E-state index in [-0.39, 0.29) is 6.10 Å². The number of nitrogens with one attached hydrogen (secondary N) is 1. The Kier molecular flexibility index (Phi) is 6.22. The fraction of sp³-hybridized carbons (Fsp3) is 1.00. The molecule has 15 heavy (non-hydrogen) atoms. The maximum absolute atomic E-state index is 5.91. The summed E-state index contributed by atoms with van der Waals surface area (Å²) in [4.78, 5) is 0. The molecule has 3 atom stereocenters. The van der Waals surface area contributed by atoms with E-state index in [1.807, 2.05) is 7.05 Å². The van der Waals surface area contributed by atoms with Crippen molar-refractivity contribution in [1.82, 2.24) is 5.32 Å². The molecule has 3 nitrogen and oxygen atoms in total. The lowest BCUT2D eigenvalue weighted by Crippen LogP contribution is -2.46. The number of rotatable bonds is 6. The van der Waals surface area contributed by atoms with E-state index >= 15 is 0 Å². The highest BCUT2D eigenvalue weighted by Gasteiger charge is 2.25. The lowest BCUT2D eigenvalue weighted by molar-refractivity contribution is -0.0756. The predicted octanol–water partition coefficient (Wildman–Crippen LogP) is 1.82. The molecule has 1 saturated heterocycles. The van der Waals surface area contributed by atoms with E-state index in [9.17, 15) is 0 Å². The molecule has 1 rings (SSSR count). The summed E-state index contributed by atoms with van der Waals surface area (Å²) in [6.45, 7) is 6.93. The van der Waals surface area contributed by atoms with Crippen molar-refractivity contribution in [3.05, 3.63) is 0 Å². The minimum atomic E-state index is 0.239. The highest BCUT2D eigenvalue weighted by Crippen LogP contribution is 2.14. The third-order valence-electron chi connectivity index (χ3n) is 3.05. The maximum atomic E-state index is 5.91. The summed E-state index contributed by atoms with van der Waals surface area (Å²) in [5.74, 6) is 0.662. The molecule has 0 spiro atoms. The van der Waals surface area contributed by atoms with E-state index in [0.29, 0.717) is 12.0 Å². The molecule has 1 aliphatic heterocycles. The van der Waals surface area contributed by atoms with Gasteiger partial charge in [-0.2, -0.15) is 0 Å². The molecule has 1 fully saturated rings. The molecule has 1 N–H and O–H groups in total. The number of ether oxygens (including phenoxy) is 2. The molecule has 1 heterocycles. The van der Waals surface area contributed by atoms with Crippen molar-refractivity contribution >= 4 is 0 Å². The first kappa shape index (κ1) is 12.9. The molecule has 0 bridgehead atoms. The molecular formula is C12H25NO2. The van der Waals surface area contributed by atoms with Gasteiger partial charge in [-0.3, -0.25) is 0 Å². The Morgan fingerprint density at radius 1 is 1.53 bits per heavy atom. The van der Waals surface area contributed by atoms with E-state index < -0.39 is 0 Å². The average molecular weight is 215 g/mol. The molecule has 0 aromatic heterocycles. The molecule has 0 aromatic rings. The Labute approximate surface area is 93.5 Å². The second-order valence-electron chi connectivity index (χ2n) is 4.52. The molecule has 0 aromatic carbocycles. The molecular weight excluding hydrogens is 190 g/mol. The zero-order valence-electron chi connectivity index (χ0n) is 10.3. The second kappa shape index (κ2) is 7.20. The van der Waals surface area contributed by atoms with E-state index in [1.54, 1.807) is 0 Å². The van der Waals surface area contributed by atoms with Crippen LogP contribution in [-0.4, -0.2) is 39.0 Å². The summed E-state index contributed by atoms with van der Waals surface area (Å²) in [7, 11) is 2.00. The van der Waals surface area contributed by atoms with Gasteiger partial charge in [-0.25, -0.2) is 0 Å². The van der Waals surface area contributed by atoms with Gasteiger partial charge in [-0.15, -0.1) is 0 Å². The summed E-state index contributed by atoms with van der Waals surface area (Å²) in [5.41, 5.74) is 0. The van der Waals surface area contributed by atoms with Gasteiger partial charge in [0.1, 0.15) is 0 Å². The standard InChI is InChI=1S/C12H25NO2/c1-4-5-10(2)8-15-12-9-14-7-6-11(12)13-3/h10-13H,4-9H2,1-3H3. The minimum absolute atomic E-state index is 0.239. The van der Waals surface area contributed by atoms with Crippen molar-refractivity contribution < 1.29 is 9.47 Å². The van der Waals surface area contributed by atoms with E-state index in [2.05, 4.69) is 19.2 Å². The number of likely N-dealkylation sites (N-methyl/N-ethyl adjacent to an activating group) is 1. The molecule has 0 radical (unpaired) electrons. The highest BCUT2D eigenvalue weighted by molar-refractivity contribution is 4.79. The Bertz CT molecular complexity index is 164. The van der Waals surface area contributed by atoms with E-state index in [1.165, 1.54) is 12.8 Å². The van der Waals surface area contributed by atoms with Crippen LogP contribution in [0.25, 0.3) is 0 Å². The molecule has 0 saturated carbocycles. The normalized spacial score (nSPS) is 29.0. The van der Waals surface area contributed by atoms with E-state index in [0.717, 1.165) is 26.2 Å². The lowest BCUT2D eigenvalue weighted by Gasteiger charge is -2.32. The summed E-state index contributed by atoms with van der Waals surface area (Å²) in [6.07, 6.45) is 3.78. The fourth-order valence-electron chi connectivity index (χ4n) is 2.07. The van der Waals surface area contributed by atoms with Crippen LogP contribution in [0.5, 0.6) is 0 Å². The molecule has 3 unspecified atom stereocenters. The van der Waals surface area contributed by atoms with Crippen molar-refractivity contribution in [2.24, 2.45) is 5.92 Å². The largest absolute Gasteiger partial charge is 0.379 e. The van der Waals surface area contributed by atoms with Gasteiger partial charge in [0.15, 0.2) is 0 Å². The van der Waals surface area contributed by atoms with Crippen LogP contribution in [0.4, 0.5) is 0 Å². The Hall–Kier alpha value is -0.120. The molecule has 3 heteroatoms. The van der Waals surface area contributed by atoms with Gasteiger partial charge < -0.3 is 14.8 Å². The summed E-state index contributed by atoms with van der Waals surface area (Å²) in [5, 5.41) is 3.30. The van der Waals surface area contributed by atoms with Crippen LogP contribution < -0.4 is 5.32 Å². The first-order chi connectivity index (χ1) is 7.27. The first-order valence-electron chi connectivity index (χ1n) is 6.14. The highest BCUT2D eigenvalue weighted by atomic mass is 16.5. The summed E-state index contributed by atoms with van der Waals surface area (Å²) < 4.78 is 11.4. The molecule has 0 aliphatic carbocycles. The Balaban J connectivity index is 2.22. The van der Waals surface area contributed by atoms with Gasteiger partial charge in [0.05, 0.1) is 12.7 Å². The molecule has 0 amide bonds. The fourth-order valence-corrected chi connectivity index (χ4v) is 2.07. The summed E-state index contributed by atoms with van der Waals surface area (Å²) >= 11 is 0. The maximum Gasteiger partial charge on any atom is 0.0961 e. The first-order valence-corrected chi connectivity index (χ1v) is 6.14. The average Bonchev–Trinajstić information content (AvgIpc) is 2.27. The van der Waals surface area contributed by atoms with Gasteiger partial charge in [0, 0.05) is 19.3 Å². The van der Waals surface area contributed by atoms with Crippen molar-refractivity contribution in [1.29, 1.82) is 0 Å². The van der Waals surface area contributed by atoms with Gasteiger partial charge in [-0.05, 0) is 25.8 Å². The van der Waals surface area contributed by atoms with Crippen LogP contribution in [0.2, 0.25) is 0 Å². The van der Waals surface area contributed by atoms with Crippen molar-refractivity contribution in [3.8, 4) is 0 Å². The van der Waals surface area contributed by atoms with E-state index in [4.69, 9.17) is 9.47 Å². The monoisotopic (exact) mass is 215 g/mol. The molecule has 1 aliphatic rings. The van der Waals surface area contributed by atoms with Crippen molar-refractivity contribution in [2.75, 3.05) is 26.9 Å². The SMILES string of the molecule is CCCC(C)COC1COCCC1NC. The number of hydrogen-bond donors (Lipinski definition) is 1. The predicted molar refractivity (Wildman–Crippen MR) is 62.1 cm³/mol. The van der Waals surface area contributed by atoms with Crippen LogP contribution in [0.3, 0.4) is 0 Å². The third-order valence-corrected chi connectivity index (χ3v) is 3.05. The second-order valence-corrected chi connectivity index (χ2v) is 4.52.